The minimum Gasteiger partial charge on any atom is -0.478 e. The molecule has 0 saturated heterocycles. The van der Waals surface area contributed by atoms with Crippen LogP contribution in [-0.2, 0) is 15.6 Å². The molecule has 27 heavy (non-hydrogen) atoms. The molecule has 1 aliphatic rings. The normalized spacial score (nSPS) is 18.9. The molecule has 1 unspecified atom stereocenters. The van der Waals surface area contributed by atoms with Crippen molar-refractivity contribution in [1.29, 1.82) is 0 Å². The van der Waals surface area contributed by atoms with Crippen molar-refractivity contribution >= 4 is 12.0 Å². The minimum atomic E-state index is -0.921. The van der Waals surface area contributed by atoms with E-state index in [2.05, 4.69) is 58.9 Å². The van der Waals surface area contributed by atoms with E-state index in [0.29, 0.717) is 0 Å². The Morgan fingerprint density at radius 1 is 1.00 bits per heavy atom. The summed E-state index contributed by atoms with van der Waals surface area (Å²) in [5.74, 6) is -0.721. The highest BCUT2D eigenvalue weighted by atomic mass is 16.4. The van der Waals surface area contributed by atoms with Crippen LogP contribution in [0.2, 0.25) is 0 Å². The zero-order chi connectivity index (χ0) is 19.8. The summed E-state index contributed by atoms with van der Waals surface area (Å²) in [6, 6.07) is 15.0. The smallest absolute Gasteiger partial charge is 0.328 e. The Morgan fingerprint density at radius 3 is 2.30 bits per heavy atom. The second-order valence-electron chi connectivity index (χ2n) is 9.09. The lowest BCUT2D eigenvalue weighted by atomic mass is 9.62. The lowest BCUT2D eigenvalue weighted by Gasteiger charge is -2.42. The summed E-state index contributed by atoms with van der Waals surface area (Å²) < 4.78 is 0. The zero-order valence-electron chi connectivity index (χ0n) is 17.0. The van der Waals surface area contributed by atoms with Crippen molar-refractivity contribution in [3.05, 3.63) is 76.4 Å². The first kappa shape index (κ1) is 19.4. The molecule has 0 fully saturated rings. The third kappa shape index (κ3) is 3.85. The number of carboxylic acid groups (broad SMARTS) is 1. The summed E-state index contributed by atoms with van der Waals surface area (Å²) in [4.78, 5) is 10.9. The van der Waals surface area contributed by atoms with Gasteiger partial charge in [-0.15, -0.1) is 0 Å². The fraction of sp³-hybridized carbons (Fsp3) is 0.400. The Hall–Kier alpha value is -2.35. The molecule has 1 N–H and O–H groups in total. The highest BCUT2D eigenvalue weighted by molar-refractivity contribution is 5.85. The summed E-state index contributed by atoms with van der Waals surface area (Å²) in [7, 11) is 0. The van der Waals surface area contributed by atoms with Crippen LogP contribution in [0.25, 0.3) is 6.08 Å². The SMILES string of the molecule is CC(c1ccc2c(c1)C(C)(C)CCC2(C)C)c1ccccc1C=CC(=O)O. The van der Waals surface area contributed by atoms with Crippen LogP contribution >= 0.6 is 0 Å². The third-order valence-corrected chi connectivity index (χ3v) is 6.24. The Morgan fingerprint density at radius 2 is 1.63 bits per heavy atom. The Kier molecular flexibility index (Phi) is 5.03. The summed E-state index contributed by atoms with van der Waals surface area (Å²) in [6.45, 7) is 11.6. The number of carbonyl (C=O) groups is 1. The molecule has 3 rings (SSSR count). The van der Waals surface area contributed by atoms with Gasteiger partial charge in [0, 0.05) is 12.0 Å². The first-order valence-electron chi connectivity index (χ1n) is 9.77. The van der Waals surface area contributed by atoms with Crippen molar-refractivity contribution in [2.24, 2.45) is 0 Å². The van der Waals surface area contributed by atoms with Crippen molar-refractivity contribution in [1.82, 2.24) is 0 Å². The number of aliphatic carboxylic acids is 1. The predicted octanol–water partition coefficient (Wildman–Crippen LogP) is 6.29. The van der Waals surface area contributed by atoms with Gasteiger partial charge in [0.05, 0.1) is 0 Å². The van der Waals surface area contributed by atoms with Gasteiger partial charge < -0.3 is 5.11 Å². The maximum absolute atomic E-state index is 10.9. The van der Waals surface area contributed by atoms with Gasteiger partial charge in [-0.2, -0.15) is 0 Å². The highest BCUT2D eigenvalue weighted by Crippen LogP contribution is 2.46. The van der Waals surface area contributed by atoms with E-state index in [9.17, 15) is 4.79 Å². The van der Waals surface area contributed by atoms with Crippen LogP contribution in [0, 0.1) is 0 Å². The molecular formula is C25H30O2. The summed E-state index contributed by atoms with van der Waals surface area (Å²) in [5, 5.41) is 8.97. The molecule has 1 aliphatic carbocycles. The zero-order valence-corrected chi connectivity index (χ0v) is 17.0. The number of benzene rings is 2. The van der Waals surface area contributed by atoms with Crippen molar-refractivity contribution in [2.75, 3.05) is 0 Å². The average molecular weight is 363 g/mol. The fourth-order valence-electron chi connectivity index (χ4n) is 4.27. The first-order valence-corrected chi connectivity index (χ1v) is 9.77. The van der Waals surface area contributed by atoms with E-state index in [1.54, 1.807) is 6.08 Å². The van der Waals surface area contributed by atoms with Crippen molar-refractivity contribution < 1.29 is 9.90 Å². The van der Waals surface area contributed by atoms with Gasteiger partial charge in [-0.1, -0.05) is 77.1 Å². The monoisotopic (exact) mass is 362 g/mol. The molecule has 0 radical (unpaired) electrons. The molecule has 2 nitrogen and oxygen atoms in total. The second-order valence-corrected chi connectivity index (χ2v) is 9.09. The molecule has 0 aromatic heterocycles. The van der Waals surface area contributed by atoms with Crippen molar-refractivity contribution in [2.45, 2.75) is 64.2 Å². The average Bonchev–Trinajstić information content (AvgIpc) is 2.63. The minimum absolute atomic E-state index is 0.184. The Labute approximate surface area is 162 Å². The summed E-state index contributed by atoms with van der Waals surface area (Å²) in [6.07, 6.45) is 5.32. The van der Waals surface area contributed by atoms with Crippen LogP contribution in [0.1, 0.15) is 81.2 Å². The Balaban J connectivity index is 2.05. The molecule has 0 spiro atoms. The van der Waals surface area contributed by atoms with Gasteiger partial charge in [0.15, 0.2) is 0 Å². The molecule has 0 bridgehead atoms. The van der Waals surface area contributed by atoms with Gasteiger partial charge in [-0.05, 0) is 57.6 Å². The maximum atomic E-state index is 10.9. The molecule has 0 saturated carbocycles. The fourth-order valence-corrected chi connectivity index (χ4v) is 4.27. The van der Waals surface area contributed by atoms with Gasteiger partial charge in [0.2, 0.25) is 0 Å². The topological polar surface area (TPSA) is 37.3 Å². The van der Waals surface area contributed by atoms with Crippen LogP contribution in [0.5, 0.6) is 0 Å². The molecule has 0 amide bonds. The molecule has 0 aliphatic heterocycles. The molecule has 2 heteroatoms. The van der Waals surface area contributed by atoms with Gasteiger partial charge >= 0.3 is 5.97 Å². The van der Waals surface area contributed by atoms with Crippen molar-refractivity contribution in [3.8, 4) is 0 Å². The number of carboxylic acids is 1. The van der Waals surface area contributed by atoms with Gasteiger partial charge in [-0.25, -0.2) is 4.79 Å². The van der Waals surface area contributed by atoms with Gasteiger partial charge in [0.25, 0.3) is 0 Å². The highest BCUT2D eigenvalue weighted by Gasteiger charge is 2.37. The predicted molar refractivity (Wildman–Crippen MR) is 112 cm³/mol. The van der Waals surface area contributed by atoms with Crippen LogP contribution in [0.3, 0.4) is 0 Å². The molecule has 142 valence electrons. The van der Waals surface area contributed by atoms with Crippen LogP contribution in [-0.4, -0.2) is 11.1 Å². The van der Waals surface area contributed by atoms with E-state index in [-0.39, 0.29) is 16.7 Å². The van der Waals surface area contributed by atoms with Gasteiger partial charge in [-0.3, -0.25) is 0 Å². The quantitative estimate of drug-likeness (QED) is 0.649. The third-order valence-electron chi connectivity index (χ3n) is 6.24. The molecule has 0 heterocycles. The molecule has 2 aromatic rings. The van der Waals surface area contributed by atoms with Crippen molar-refractivity contribution in [3.63, 3.8) is 0 Å². The summed E-state index contributed by atoms with van der Waals surface area (Å²) >= 11 is 0. The van der Waals surface area contributed by atoms with E-state index in [0.717, 1.165) is 11.1 Å². The summed E-state index contributed by atoms with van der Waals surface area (Å²) in [5.41, 5.74) is 6.73. The first-order chi connectivity index (χ1) is 12.6. The molecule has 1 atom stereocenters. The standard InChI is InChI=1S/C25H30O2/c1-17(20-9-7-6-8-18(20)11-13-23(26)27)19-10-12-21-22(16-19)25(4,5)15-14-24(21,2)3/h6-13,16-17H,14-15H2,1-5H3,(H,26,27). The van der Waals surface area contributed by atoms with E-state index in [4.69, 9.17) is 5.11 Å². The van der Waals surface area contributed by atoms with Crippen LogP contribution in [0.15, 0.2) is 48.5 Å². The molecule has 2 aromatic carbocycles. The number of hydrogen-bond acceptors (Lipinski definition) is 1. The number of hydrogen-bond donors (Lipinski definition) is 1. The largest absolute Gasteiger partial charge is 0.478 e. The van der Waals surface area contributed by atoms with Crippen LogP contribution < -0.4 is 0 Å². The lowest BCUT2D eigenvalue weighted by molar-refractivity contribution is -0.131. The maximum Gasteiger partial charge on any atom is 0.328 e. The second kappa shape index (κ2) is 6.99. The molecular weight excluding hydrogens is 332 g/mol. The van der Waals surface area contributed by atoms with E-state index in [1.165, 1.54) is 35.6 Å². The number of rotatable bonds is 4. The van der Waals surface area contributed by atoms with E-state index < -0.39 is 5.97 Å². The Bertz CT molecular complexity index is 887. The number of fused-ring (bicyclic) bond motifs is 1. The van der Waals surface area contributed by atoms with Gasteiger partial charge in [0.1, 0.15) is 0 Å². The van der Waals surface area contributed by atoms with Crippen LogP contribution in [0.4, 0.5) is 0 Å². The van der Waals surface area contributed by atoms with E-state index >= 15 is 0 Å². The lowest BCUT2D eigenvalue weighted by Crippen LogP contribution is -2.34. The van der Waals surface area contributed by atoms with E-state index in [1.807, 2.05) is 18.2 Å².